The highest BCUT2D eigenvalue weighted by Gasteiger charge is 2.32. The van der Waals surface area contributed by atoms with E-state index in [-0.39, 0.29) is 27.5 Å². The van der Waals surface area contributed by atoms with E-state index in [4.69, 9.17) is 23.2 Å². The van der Waals surface area contributed by atoms with Crippen molar-refractivity contribution in [3.63, 3.8) is 0 Å². The molecule has 0 saturated carbocycles. The van der Waals surface area contributed by atoms with Crippen molar-refractivity contribution in [2.45, 2.75) is 6.04 Å². The quantitative estimate of drug-likeness (QED) is 0.668. The molecule has 2 aromatic rings. The molecule has 1 aliphatic heterocycles. The van der Waals surface area contributed by atoms with Gasteiger partial charge in [-0.15, -0.1) is 0 Å². The van der Waals surface area contributed by atoms with Crippen LogP contribution in [0.4, 0.5) is 4.39 Å². The van der Waals surface area contributed by atoms with E-state index in [2.05, 4.69) is 31.2 Å². The molecule has 9 heteroatoms. The second-order valence-electron chi connectivity index (χ2n) is 5.34. The van der Waals surface area contributed by atoms with Crippen LogP contribution in [-0.2, 0) is 4.79 Å². The summed E-state index contributed by atoms with van der Waals surface area (Å²) in [4.78, 5) is 20.2. The molecule has 0 aliphatic carbocycles. The molecule has 0 saturated heterocycles. The second-order valence-corrected chi connectivity index (χ2v) is 6.74. The van der Waals surface area contributed by atoms with Crippen molar-refractivity contribution in [1.82, 2.24) is 10.3 Å². The van der Waals surface area contributed by atoms with Gasteiger partial charge in [-0.25, -0.2) is 14.2 Å². The van der Waals surface area contributed by atoms with E-state index in [0.717, 1.165) is 0 Å². The lowest BCUT2D eigenvalue weighted by Gasteiger charge is -2.26. The van der Waals surface area contributed by atoms with E-state index < -0.39 is 17.8 Å². The fourth-order valence-corrected chi connectivity index (χ4v) is 3.54. The van der Waals surface area contributed by atoms with E-state index in [1.54, 1.807) is 12.1 Å². The van der Waals surface area contributed by atoms with Gasteiger partial charge < -0.3 is 10.4 Å². The summed E-state index contributed by atoms with van der Waals surface area (Å²) in [6.45, 7) is 0. The molecule has 1 atom stereocenters. The molecule has 1 aromatic carbocycles. The molecule has 3 rings (SSSR count). The zero-order chi connectivity index (χ0) is 18.8. The Kier molecular flexibility index (Phi) is 5.60. The Balaban J connectivity index is 2.20. The summed E-state index contributed by atoms with van der Waals surface area (Å²) in [6.07, 6.45) is 1.43. The number of aliphatic imine (C=N–C) groups is 1. The molecular weight excluding hydrogens is 448 g/mol. The number of allylic oxidation sites excluding steroid dienone is 1. The summed E-state index contributed by atoms with van der Waals surface area (Å²) < 4.78 is 14.2. The van der Waals surface area contributed by atoms with Crippen LogP contribution in [0.1, 0.15) is 17.3 Å². The first-order valence-electron chi connectivity index (χ1n) is 7.35. The number of hydrogen-bond acceptors (Lipinski definition) is 4. The molecule has 0 fully saturated rings. The molecular formula is C17H11BrCl2FN3O2. The Bertz CT molecular complexity index is 949. The van der Waals surface area contributed by atoms with Crippen molar-refractivity contribution in [3.05, 3.63) is 74.9 Å². The number of carboxylic acid groups (broad SMARTS) is 1. The summed E-state index contributed by atoms with van der Waals surface area (Å²) in [7, 11) is 0. The van der Waals surface area contributed by atoms with Crippen molar-refractivity contribution < 1.29 is 14.3 Å². The molecule has 1 aliphatic rings. The third kappa shape index (κ3) is 3.60. The van der Waals surface area contributed by atoms with Gasteiger partial charge in [0.15, 0.2) is 11.7 Å². The molecule has 2 N–H and O–H groups in total. The van der Waals surface area contributed by atoms with Crippen LogP contribution >= 0.6 is 39.1 Å². The number of aliphatic carboxylic acids is 1. The highest BCUT2D eigenvalue weighted by atomic mass is 79.9. The summed E-state index contributed by atoms with van der Waals surface area (Å²) in [6, 6.07) is 6.47. The molecule has 1 aromatic heterocycles. The van der Waals surface area contributed by atoms with Crippen LogP contribution < -0.4 is 5.32 Å². The highest BCUT2D eigenvalue weighted by molar-refractivity contribution is 9.09. The van der Waals surface area contributed by atoms with E-state index in [1.807, 2.05) is 0 Å². The number of pyridine rings is 1. The molecule has 2 heterocycles. The number of halogens is 4. The zero-order valence-corrected chi connectivity index (χ0v) is 16.1. The van der Waals surface area contributed by atoms with Gasteiger partial charge in [0.25, 0.3) is 0 Å². The van der Waals surface area contributed by atoms with Gasteiger partial charge in [-0.1, -0.05) is 45.2 Å². The smallest absolute Gasteiger partial charge is 0.335 e. The summed E-state index contributed by atoms with van der Waals surface area (Å²) >= 11 is 15.4. The molecule has 26 heavy (non-hydrogen) atoms. The minimum atomic E-state index is -1.16. The molecule has 0 bridgehead atoms. The van der Waals surface area contributed by atoms with E-state index in [9.17, 15) is 14.3 Å². The number of nitrogens with one attached hydrogen (secondary N) is 1. The topological polar surface area (TPSA) is 74.6 Å². The number of carboxylic acids is 1. The number of aromatic nitrogens is 1. The minimum Gasteiger partial charge on any atom is -0.478 e. The van der Waals surface area contributed by atoms with Gasteiger partial charge in [0.05, 0.1) is 5.57 Å². The number of amidine groups is 1. The van der Waals surface area contributed by atoms with E-state index in [1.165, 1.54) is 24.4 Å². The molecule has 0 spiro atoms. The maximum atomic E-state index is 14.2. The van der Waals surface area contributed by atoms with E-state index >= 15 is 0 Å². The fraction of sp³-hybridized carbons (Fsp3) is 0.118. The first-order chi connectivity index (χ1) is 12.4. The van der Waals surface area contributed by atoms with Crippen molar-refractivity contribution in [2.75, 3.05) is 5.33 Å². The SMILES string of the molecule is O=C(O)C1=C(CBr)NC(c2ncccc2F)=NC1c1ccc(Cl)cc1Cl. The monoisotopic (exact) mass is 457 g/mol. The molecule has 5 nitrogen and oxygen atoms in total. The first-order valence-corrected chi connectivity index (χ1v) is 9.23. The predicted molar refractivity (Wildman–Crippen MR) is 102 cm³/mol. The van der Waals surface area contributed by atoms with Crippen LogP contribution in [0, 0.1) is 5.82 Å². The van der Waals surface area contributed by atoms with Crippen molar-refractivity contribution in [1.29, 1.82) is 0 Å². The minimum absolute atomic E-state index is 0.00573. The highest BCUT2D eigenvalue weighted by Crippen LogP contribution is 2.37. The lowest BCUT2D eigenvalue weighted by atomic mass is 9.95. The van der Waals surface area contributed by atoms with Crippen molar-refractivity contribution >= 4 is 50.9 Å². The third-order valence-electron chi connectivity index (χ3n) is 3.73. The summed E-state index contributed by atoms with van der Waals surface area (Å²) in [5.41, 5.74) is 0.780. The van der Waals surface area contributed by atoms with Crippen LogP contribution in [0.25, 0.3) is 0 Å². The number of carbonyl (C=O) groups is 1. The molecule has 0 amide bonds. The van der Waals surface area contributed by atoms with Gasteiger partial charge >= 0.3 is 5.97 Å². The van der Waals surface area contributed by atoms with Crippen LogP contribution in [-0.4, -0.2) is 27.2 Å². The molecule has 1 unspecified atom stereocenters. The van der Waals surface area contributed by atoms with Crippen LogP contribution in [0.15, 0.2) is 52.8 Å². The van der Waals surface area contributed by atoms with Crippen LogP contribution in [0.3, 0.4) is 0 Å². The van der Waals surface area contributed by atoms with E-state index in [0.29, 0.717) is 16.3 Å². The van der Waals surface area contributed by atoms with Gasteiger partial charge in [0.1, 0.15) is 11.7 Å². The van der Waals surface area contributed by atoms with Gasteiger partial charge in [-0.2, -0.15) is 0 Å². The third-order valence-corrected chi connectivity index (χ3v) is 4.85. The lowest BCUT2D eigenvalue weighted by molar-refractivity contribution is -0.133. The average Bonchev–Trinajstić information content (AvgIpc) is 2.61. The van der Waals surface area contributed by atoms with Crippen molar-refractivity contribution in [2.24, 2.45) is 4.99 Å². The maximum Gasteiger partial charge on any atom is 0.335 e. The zero-order valence-electron chi connectivity index (χ0n) is 13.0. The summed E-state index contributed by atoms with van der Waals surface area (Å²) in [5, 5.41) is 13.4. The lowest BCUT2D eigenvalue weighted by Crippen LogP contribution is -2.35. The predicted octanol–water partition coefficient (Wildman–Crippen LogP) is 4.35. The number of alkyl halides is 1. The standard InChI is InChI=1S/C17H11BrCl2FN3O2/c18-7-12-13(17(25)26)14(9-4-3-8(19)6-10(9)20)24-16(23-12)15-11(21)2-1-5-22-15/h1-6,14H,7H2,(H,23,24)(H,25,26). The van der Waals surface area contributed by atoms with Gasteiger partial charge in [0, 0.05) is 32.8 Å². The normalized spacial score (nSPS) is 16.9. The number of rotatable bonds is 4. The van der Waals surface area contributed by atoms with Crippen LogP contribution in [0.5, 0.6) is 0 Å². The second kappa shape index (κ2) is 7.73. The number of benzene rings is 1. The van der Waals surface area contributed by atoms with Crippen LogP contribution in [0.2, 0.25) is 10.0 Å². The fourth-order valence-electron chi connectivity index (χ4n) is 2.58. The Morgan fingerprint density at radius 1 is 1.35 bits per heavy atom. The largest absolute Gasteiger partial charge is 0.478 e. The maximum absolute atomic E-state index is 14.2. The number of nitrogens with zero attached hydrogens (tertiary/aromatic N) is 2. The summed E-state index contributed by atoms with van der Waals surface area (Å²) in [5.74, 6) is -1.61. The van der Waals surface area contributed by atoms with Gasteiger partial charge in [-0.05, 0) is 24.3 Å². The molecule has 0 radical (unpaired) electrons. The first kappa shape index (κ1) is 18.8. The Morgan fingerprint density at radius 3 is 2.73 bits per heavy atom. The van der Waals surface area contributed by atoms with Crippen molar-refractivity contribution in [3.8, 4) is 0 Å². The Hall–Kier alpha value is -1.96. The average molecular weight is 459 g/mol. The Labute approximate surface area is 166 Å². The number of hydrogen-bond donors (Lipinski definition) is 2. The van der Waals surface area contributed by atoms with Gasteiger partial charge in [-0.3, -0.25) is 4.99 Å². The Morgan fingerprint density at radius 2 is 2.12 bits per heavy atom. The molecule has 134 valence electrons. The van der Waals surface area contributed by atoms with Gasteiger partial charge in [0.2, 0.25) is 0 Å².